The molecule has 1 N–H and O–H groups in total. The van der Waals surface area contributed by atoms with E-state index in [2.05, 4.69) is 5.32 Å². The molecule has 0 spiro atoms. The number of benzene rings is 2. The number of hydrogen-bond donors (Lipinski definition) is 1. The van der Waals surface area contributed by atoms with Gasteiger partial charge in [-0.1, -0.05) is 12.1 Å². The lowest BCUT2D eigenvalue weighted by atomic mass is 10.2. The molecule has 150 valence electrons. The van der Waals surface area contributed by atoms with Crippen molar-refractivity contribution in [2.75, 3.05) is 23.0 Å². The van der Waals surface area contributed by atoms with Gasteiger partial charge in [-0.05, 0) is 37.6 Å². The maximum atomic E-state index is 12.8. The summed E-state index contributed by atoms with van der Waals surface area (Å²) in [5.41, 5.74) is 1.02. The van der Waals surface area contributed by atoms with E-state index in [-0.39, 0.29) is 17.1 Å². The van der Waals surface area contributed by atoms with Gasteiger partial charge in [-0.25, -0.2) is 8.42 Å². The van der Waals surface area contributed by atoms with Gasteiger partial charge in [0.25, 0.3) is 5.69 Å². The second-order valence-electron chi connectivity index (χ2n) is 6.20. The molecule has 0 unspecified atom stereocenters. The van der Waals surface area contributed by atoms with Crippen LogP contribution in [0.5, 0.6) is 5.75 Å². The summed E-state index contributed by atoms with van der Waals surface area (Å²) in [7, 11) is -2.42. The van der Waals surface area contributed by atoms with Crippen LogP contribution < -0.4 is 14.4 Å². The molecule has 0 bridgehead atoms. The number of methoxy groups -OCH3 is 1. The number of nitro groups is 1. The van der Waals surface area contributed by atoms with Crippen molar-refractivity contribution in [1.29, 1.82) is 0 Å². The number of sulfonamides is 1. The smallest absolute Gasteiger partial charge is 0.271 e. The van der Waals surface area contributed by atoms with Gasteiger partial charge >= 0.3 is 0 Å². The number of nitro benzene ring substituents is 1. The summed E-state index contributed by atoms with van der Waals surface area (Å²) >= 11 is 0. The standard InChI is InChI=1S/C18H21N3O6S/c1-12-6-5-7-14(10-12)20(28(4,25)26)13(2)18(22)19-16-11-15(21(23)24)8-9-17(16)27-3/h5-11,13H,1-4H3,(H,19,22)/t13-/m0/s1. The van der Waals surface area contributed by atoms with Crippen molar-refractivity contribution in [2.45, 2.75) is 19.9 Å². The van der Waals surface area contributed by atoms with E-state index in [4.69, 9.17) is 4.74 Å². The van der Waals surface area contributed by atoms with E-state index < -0.39 is 26.9 Å². The van der Waals surface area contributed by atoms with Crippen LogP contribution in [0.4, 0.5) is 17.1 Å². The molecule has 0 radical (unpaired) electrons. The molecule has 28 heavy (non-hydrogen) atoms. The fraction of sp³-hybridized carbons (Fsp3) is 0.278. The Balaban J connectivity index is 2.39. The van der Waals surface area contributed by atoms with Crippen LogP contribution in [0.15, 0.2) is 42.5 Å². The highest BCUT2D eigenvalue weighted by Crippen LogP contribution is 2.30. The van der Waals surface area contributed by atoms with Crippen molar-refractivity contribution < 1.29 is 22.9 Å². The Bertz CT molecular complexity index is 1010. The molecule has 2 aromatic carbocycles. The van der Waals surface area contributed by atoms with Gasteiger partial charge in [-0.2, -0.15) is 0 Å². The first-order chi connectivity index (χ1) is 13.0. The molecule has 0 saturated carbocycles. The summed E-state index contributed by atoms with van der Waals surface area (Å²) in [5.74, 6) is -0.446. The van der Waals surface area contributed by atoms with Crippen molar-refractivity contribution in [3.8, 4) is 5.75 Å². The minimum Gasteiger partial charge on any atom is -0.495 e. The lowest BCUT2D eigenvalue weighted by Crippen LogP contribution is -2.45. The Morgan fingerprint density at radius 3 is 2.46 bits per heavy atom. The maximum Gasteiger partial charge on any atom is 0.271 e. The van der Waals surface area contributed by atoms with Gasteiger partial charge < -0.3 is 10.1 Å². The fourth-order valence-electron chi connectivity index (χ4n) is 2.72. The molecular weight excluding hydrogens is 386 g/mol. The quantitative estimate of drug-likeness (QED) is 0.557. The van der Waals surface area contributed by atoms with Gasteiger partial charge in [0, 0.05) is 12.1 Å². The molecule has 2 rings (SSSR count). The maximum absolute atomic E-state index is 12.8. The molecule has 0 aliphatic carbocycles. The number of carbonyl (C=O) groups excluding carboxylic acids is 1. The third-order valence-electron chi connectivity index (χ3n) is 4.00. The first-order valence-electron chi connectivity index (χ1n) is 8.24. The Morgan fingerprint density at radius 2 is 1.93 bits per heavy atom. The number of aryl methyl sites for hydroxylation is 1. The first kappa shape index (κ1) is 21.2. The Kier molecular flexibility index (Phi) is 6.24. The minimum atomic E-state index is -3.78. The Hall–Kier alpha value is -3.14. The molecule has 9 nitrogen and oxygen atoms in total. The van der Waals surface area contributed by atoms with E-state index in [1.165, 1.54) is 26.2 Å². The summed E-state index contributed by atoms with van der Waals surface area (Å²) in [6.45, 7) is 3.24. The van der Waals surface area contributed by atoms with Gasteiger partial charge in [0.05, 0.1) is 29.7 Å². The van der Waals surface area contributed by atoms with Crippen LogP contribution in [0.3, 0.4) is 0 Å². The molecule has 0 aliphatic rings. The van der Waals surface area contributed by atoms with Crippen LogP contribution in [0, 0.1) is 17.0 Å². The highest BCUT2D eigenvalue weighted by Gasteiger charge is 2.30. The summed E-state index contributed by atoms with van der Waals surface area (Å²) in [6.07, 6.45) is 1.01. The van der Waals surface area contributed by atoms with Gasteiger partial charge in [0.15, 0.2) is 0 Å². The average molecular weight is 407 g/mol. The van der Waals surface area contributed by atoms with E-state index in [9.17, 15) is 23.3 Å². The summed E-state index contributed by atoms with van der Waals surface area (Å²) in [5, 5.41) is 13.5. The molecule has 0 fully saturated rings. The predicted octanol–water partition coefficient (Wildman–Crippen LogP) is 2.71. The number of amides is 1. The molecule has 0 heterocycles. The second-order valence-corrected chi connectivity index (χ2v) is 8.06. The van der Waals surface area contributed by atoms with Gasteiger partial charge in [0.1, 0.15) is 11.8 Å². The monoisotopic (exact) mass is 407 g/mol. The zero-order valence-corrected chi connectivity index (χ0v) is 16.7. The van der Waals surface area contributed by atoms with Gasteiger partial charge in [0.2, 0.25) is 15.9 Å². The first-order valence-corrected chi connectivity index (χ1v) is 10.1. The van der Waals surface area contributed by atoms with Crippen molar-refractivity contribution in [3.05, 3.63) is 58.1 Å². The number of hydrogen-bond acceptors (Lipinski definition) is 6. The highest BCUT2D eigenvalue weighted by molar-refractivity contribution is 7.92. The van der Waals surface area contributed by atoms with Crippen LogP contribution in [0.2, 0.25) is 0 Å². The fourth-order valence-corrected chi connectivity index (χ4v) is 3.88. The van der Waals surface area contributed by atoms with E-state index in [1.807, 2.05) is 13.0 Å². The van der Waals surface area contributed by atoms with Gasteiger partial charge in [-0.3, -0.25) is 19.2 Å². The van der Waals surface area contributed by atoms with Crippen molar-refractivity contribution >= 4 is 33.0 Å². The van der Waals surface area contributed by atoms with Crippen LogP contribution >= 0.6 is 0 Å². The second kappa shape index (κ2) is 8.26. The van der Waals surface area contributed by atoms with E-state index in [0.29, 0.717) is 5.69 Å². The summed E-state index contributed by atoms with van der Waals surface area (Å²) in [6, 6.07) is 9.38. The average Bonchev–Trinajstić information content (AvgIpc) is 2.60. The molecular formula is C18H21N3O6S. The van der Waals surface area contributed by atoms with Crippen molar-refractivity contribution in [3.63, 3.8) is 0 Å². The zero-order chi connectivity index (χ0) is 21.1. The Labute approximate surface area is 163 Å². The number of nitrogens with one attached hydrogen (secondary N) is 1. The lowest BCUT2D eigenvalue weighted by molar-refractivity contribution is -0.384. The SMILES string of the molecule is COc1ccc([N+](=O)[O-])cc1NC(=O)[C@H](C)N(c1cccc(C)c1)S(C)(=O)=O. The van der Waals surface area contributed by atoms with Crippen LogP contribution in [-0.4, -0.2) is 38.7 Å². The minimum absolute atomic E-state index is 0.0752. The lowest BCUT2D eigenvalue weighted by Gasteiger charge is -2.28. The van der Waals surface area contributed by atoms with Crippen molar-refractivity contribution in [1.82, 2.24) is 0 Å². The van der Waals surface area contributed by atoms with E-state index in [1.54, 1.807) is 18.2 Å². The number of rotatable bonds is 7. The van der Waals surface area contributed by atoms with E-state index >= 15 is 0 Å². The topological polar surface area (TPSA) is 119 Å². The molecule has 1 amide bonds. The summed E-state index contributed by atoms with van der Waals surface area (Å²) in [4.78, 5) is 23.2. The predicted molar refractivity (Wildman–Crippen MR) is 106 cm³/mol. The number of non-ortho nitro benzene ring substituents is 1. The third-order valence-corrected chi connectivity index (χ3v) is 5.24. The highest BCUT2D eigenvalue weighted by atomic mass is 32.2. The van der Waals surface area contributed by atoms with Crippen LogP contribution in [0.1, 0.15) is 12.5 Å². The molecule has 2 aromatic rings. The van der Waals surface area contributed by atoms with Gasteiger partial charge in [-0.15, -0.1) is 0 Å². The van der Waals surface area contributed by atoms with Crippen LogP contribution in [0.25, 0.3) is 0 Å². The third kappa shape index (κ3) is 4.77. The number of carbonyl (C=O) groups is 1. The van der Waals surface area contributed by atoms with E-state index in [0.717, 1.165) is 22.2 Å². The number of nitrogens with zero attached hydrogens (tertiary/aromatic N) is 2. The van der Waals surface area contributed by atoms with Crippen molar-refractivity contribution in [2.24, 2.45) is 0 Å². The molecule has 0 aromatic heterocycles. The molecule has 1 atom stereocenters. The molecule has 0 saturated heterocycles. The Morgan fingerprint density at radius 1 is 1.25 bits per heavy atom. The largest absolute Gasteiger partial charge is 0.495 e. The van der Waals surface area contributed by atoms with Crippen LogP contribution in [-0.2, 0) is 14.8 Å². The number of anilines is 2. The normalized spacial score (nSPS) is 12.1. The summed E-state index contributed by atoms with van der Waals surface area (Å²) < 4.78 is 30.8. The number of ether oxygens (including phenoxy) is 1. The molecule has 10 heteroatoms. The zero-order valence-electron chi connectivity index (χ0n) is 15.9. The molecule has 0 aliphatic heterocycles.